The van der Waals surface area contributed by atoms with E-state index in [4.69, 9.17) is 15.3 Å². The summed E-state index contributed by atoms with van der Waals surface area (Å²) < 4.78 is 8.15. The molecule has 0 aliphatic rings. The molecule has 0 saturated heterocycles. The van der Waals surface area contributed by atoms with Gasteiger partial charge in [0.2, 0.25) is 0 Å². The summed E-state index contributed by atoms with van der Waals surface area (Å²) in [4.78, 5) is 0.518. The van der Waals surface area contributed by atoms with E-state index >= 15 is 0 Å². The monoisotopic (exact) mass is 224 g/mol. The molecule has 0 atom stereocenters. The molecule has 2 rings (SSSR count). The van der Waals surface area contributed by atoms with Crippen molar-refractivity contribution in [2.24, 2.45) is 7.05 Å². The number of aromatic nitrogens is 1. The second kappa shape index (κ2) is 4.04. The highest BCUT2D eigenvalue weighted by Crippen LogP contribution is 2.22. The van der Waals surface area contributed by atoms with Crippen LogP contribution < -0.4 is 9.54 Å². The Balaban J connectivity index is 2.43. The third kappa shape index (κ3) is 1.88. The molecule has 0 aliphatic carbocycles. The topological polar surface area (TPSA) is 58.2 Å². The van der Waals surface area contributed by atoms with Gasteiger partial charge < -0.3 is 14.4 Å². The van der Waals surface area contributed by atoms with E-state index in [1.165, 1.54) is 11.3 Å². The maximum atomic E-state index is 8.63. The van der Waals surface area contributed by atoms with E-state index in [-0.39, 0.29) is 6.61 Å². The van der Waals surface area contributed by atoms with Crippen LogP contribution in [0.4, 0.5) is 0 Å². The van der Waals surface area contributed by atoms with Crippen LogP contribution in [0.2, 0.25) is 0 Å². The first-order valence-electron chi connectivity index (χ1n) is 4.60. The van der Waals surface area contributed by atoms with Gasteiger partial charge in [-0.2, -0.15) is 0 Å². The van der Waals surface area contributed by atoms with Crippen LogP contribution in [-0.4, -0.2) is 22.9 Å². The number of aliphatic hydroxyl groups is 1. The molecule has 1 heterocycles. The summed E-state index contributed by atoms with van der Waals surface area (Å²) in [5.74, 6) is 0.735. The van der Waals surface area contributed by atoms with E-state index in [1.807, 2.05) is 29.8 Å². The third-order valence-electron chi connectivity index (χ3n) is 2.16. The first kappa shape index (κ1) is 10.2. The van der Waals surface area contributed by atoms with Crippen LogP contribution in [-0.2, 0) is 7.05 Å². The van der Waals surface area contributed by atoms with Crippen molar-refractivity contribution in [3.8, 4) is 5.75 Å². The average molecular weight is 224 g/mol. The van der Waals surface area contributed by atoms with Gasteiger partial charge in [0, 0.05) is 7.05 Å². The lowest BCUT2D eigenvalue weighted by atomic mass is 10.3. The van der Waals surface area contributed by atoms with E-state index in [2.05, 4.69) is 0 Å². The number of hydrogen-bond acceptors (Lipinski definition) is 4. The maximum Gasteiger partial charge on any atom is 0.182 e. The number of aliphatic hydroxyl groups excluding tert-OH is 1. The molecule has 80 valence electrons. The Morgan fingerprint density at radius 3 is 3.07 bits per heavy atom. The summed E-state index contributed by atoms with van der Waals surface area (Å²) in [7, 11) is 1.87. The van der Waals surface area contributed by atoms with Gasteiger partial charge in [-0.1, -0.05) is 11.3 Å². The van der Waals surface area contributed by atoms with E-state index in [0.29, 0.717) is 11.4 Å². The van der Waals surface area contributed by atoms with Crippen molar-refractivity contribution in [3.63, 3.8) is 0 Å². The lowest BCUT2D eigenvalue weighted by Gasteiger charge is -2.03. The second-order valence-corrected chi connectivity index (χ2v) is 4.20. The molecule has 0 unspecified atom stereocenters. The molecule has 1 aromatic heterocycles. The summed E-state index contributed by atoms with van der Waals surface area (Å²) in [6.45, 7) is 0.316. The molecular weight excluding hydrogens is 212 g/mol. The van der Waals surface area contributed by atoms with E-state index in [0.717, 1.165) is 16.0 Å². The van der Waals surface area contributed by atoms with Crippen LogP contribution in [0.25, 0.3) is 10.2 Å². The highest BCUT2D eigenvalue weighted by Gasteiger charge is 2.03. The minimum absolute atomic E-state index is 0.0138. The molecule has 15 heavy (non-hydrogen) atoms. The smallest absolute Gasteiger partial charge is 0.182 e. The highest BCUT2D eigenvalue weighted by molar-refractivity contribution is 7.16. The molecule has 2 aromatic rings. The Kier molecular flexibility index (Phi) is 2.75. The first-order chi connectivity index (χ1) is 7.22. The average Bonchev–Trinajstić information content (AvgIpc) is 2.52. The molecule has 0 amide bonds. The fourth-order valence-electron chi connectivity index (χ4n) is 1.39. The first-order valence-corrected chi connectivity index (χ1v) is 5.42. The van der Waals surface area contributed by atoms with Gasteiger partial charge in [-0.15, -0.1) is 0 Å². The SMILES string of the molecule is Cn1c(=N)sc2cc(OCCO)ccc21. The zero-order valence-electron chi connectivity index (χ0n) is 8.36. The Bertz CT molecular complexity index is 530. The minimum atomic E-state index is 0.0138. The van der Waals surface area contributed by atoms with Crippen LogP contribution in [0.15, 0.2) is 18.2 Å². The molecule has 0 bridgehead atoms. The van der Waals surface area contributed by atoms with Gasteiger partial charge in [0.05, 0.1) is 16.8 Å². The largest absolute Gasteiger partial charge is 0.491 e. The molecular formula is C10H12N2O2S. The molecule has 0 fully saturated rings. The molecule has 2 N–H and O–H groups in total. The molecule has 0 spiro atoms. The van der Waals surface area contributed by atoms with E-state index < -0.39 is 0 Å². The van der Waals surface area contributed by atoms with E-state index in [1.54, 1.807) is 0 Å². The van der Waals surface area contributed by atoms with Crippen molar-refractivity contribution in [3.05, 3.63) is 23.0 Å². The quantitative estimate of drug-likeness (QED) is 0.820. The fraction of sp³-hybridized carbons (Fsp3) is 0.300. The summed E-state index contributed by atoms with van der Waals surface area (Å²) in [5, 5.41) is 16.3. The molecule has 1 aromatic carbocycles. The third-order valence-corrected chi connectivity index (χ3v) is 3.18. The number of ether oxygens (including phenoxy) is 1. The van der Waals surface area contributed by atoms with Crippen molar-refractivity contribution < 1.29 is 9.84 Å². The number of fused-ring (bicyclic) bond motifs is 1. The molecule has 0 saturated carbocycles. The predicted octanol–water partition coefficient (Wildman–Crippen LogP) is 1.09. The van der Waals surface area contributed by atoms with Crippen molar-refractivity contribution in [2.75, 3.05) is 13.2 Å². The number of benzene rings is 1. The van der Waals surface area contributed by atoms with Gasteiger partial charge in [0.1, 0.15) is 12.4 Å². The zero-order chi connectivity index (χ0) is 10.8. The van der Waals surface area contributed by atoms with Crippen molar-refractivity contribution in [1.82, 2.24) is 4.57 Å². The summed E-state index contributed by atoms with van der Waals surface area (Å²) in [6.07, 6.45) is 0. The number of hydrogen-bond donors (Lipinski definition) is 2. The lowest BCUT2D eigenvalue weighted by Crippen LogP contribution is -2.06. The number of nitrogens with zero attached hydrogens (tertiary/aromatic N) is 1. The summed E-state index contributed by atoms with van der Waals surface area (Å²) >= 11 is 1.41. The number of rotatable bonds is 3. The van der Waals surface area contributed by atoms with E-state index in [9.17, 15) is 0 Å². The predicted molar refractivity (Wildman–Crippen MR) is 59.2 cm³/mol. The van der Waals surface area contributed by atoms with Gasteiger partial charge in [0.25, 0.3) is 0 Å². The standard InChI is InChI=1S/C10H12N2O2S/c1-12-8-3-2-7(14-5-4-13)6-9(8)15-10(12)11/h2-3,6,11,13H,4-5H2,1H3. The Hall–Kier alpha value is -1.33. The Morgan fingerprint density at radius 2 is 2.33 bits per heavy atom. The minimum Gasteiger partial charge on any atom is -0.491 e. The van der Waals surface area contributed by atoms with Crippen LogP contribution in [0, 0.1) is 5.41 Å². The second-order valence-electron chi connectivity index (χ2n) is 3.17. The van der Waals surface area contributed by atoms with Gasteiger partial charge in [0.15, 0.2) is 4.80 Å². The number of thiazole rings is 1. The molecule has 0 aliphatic heterocycles. The molecule has 4 nitrogen and oxygen atoms in total. The van der Waals surface area contributed by atoms with Crippen LogP contribution >= 0.6 is 11.3 Å². The van der Waals surface area contributed by atoms with Crippen LogP contribution in [0.5, 0.6) is 5.75 Å². The van der Waals surface area contributed by atoms with Gasteiger partial charge in [-0.3, -0.25) is 5.41 Å². The normalized spacial score (nSPS) is 10.8. The summed E-state index contributed by atoms with van der Waals surface area (Å²) in [5.41, 5.74) is 1.03. The zero-order valence-corrected chi connectivity index (χ0v) is 9.17. The molecule has 0 radical (unpaired) electrons. The number of aryl methyl sites for hydroxylation is 1. The van der Waals surface area contributed by atoms with Crippen LogP contribution in [0.1, 0.15) is 0 Å². The van der Waals surface area contributed by atoms with Gasteiger partial charge in [-0.25, -0.2) is 0 Å². The molecule has 5 heteroatoms. The number of nitrogens with one attached hydrogen (secondary N) is 1. The van der Waals surface area contributed by atoms with Gasteiger partial charge >= 0.3 is 0 Å². The lowest BCUT2D eigenvalue weighted by molar-refractivity contribution is 0.201. The highest BCUT2D eigenvalue weighted by atomic mass is 32.1. The Labute approximate surface area is 90.9 Å². The Morgan fingerprint density at radius 1 is 1.53 bits per heavy atom. The fourth-order valence-corrected chi connectivity index (χ4v) is 2.32. The van der Waals surface area contributed by atoms with Crippen LogP contribution in [0.3, 0.4) is 0 Å². The van der Waals surface area contributed by atoms with Gasteiger partial charge in [-0.05, 0) is 18.2 Å². The van der Waals surface area contributed by atoms with Crippen molar-refractivity contribution >= 4 is 21.6 Å². The summed E-state index contributed by atoms with van der Waals surface area (Å²) in [6, 6.07) is 5.68. The maximum absolute atomic E-state index is 8.63. The van der Waals surface area contributed by atoms with Crippen molar-refractivity contribution in [1.29, 1.82) is 5.41 Å². The van der Waals surface area contributed by atoms with Crippen molar-refractivity contribution in [2.45, 2.75) is 0 Å².